The molecule has 19 heavy (non-hydrogen) atoms. The van der Waals surface area contributed by atoms with Crippen LogP contribution in [0.3, 0.4) is 0 Å². The zero-order valence-corrected chi connectivity index (χ0v) is 12.8. The van der Waals surface area contributed by atoms with Crippen LogP contribution < -0.4 is 10.9 Å². The van der Waals surface area contributed by atoms with Crippen LogP contribution in [0.25, 0.3) is 0 Å². The summed E-state index contributed by atoms with van der Waals surface area (Å²) in [4.78, 5) is 0. The fourth-order valence-corrected chi connectivity index (χ4v) is 2.21. The number of anilines is 1. The molecule has 0 radical (unpaired) electrons. The third-order valence-electron chi connectivity index (χ3n) is 2.68. The quantitative estimate of drug-likeness (QED) is 0.662. The van der Waals surface area contributed by atoms with Crippen molar-refractivity contribution in [2.75, 3.05) is 5.01 Å². The Hall–Kier alpha value is -0.930. The van der Waals surface area contributed by atoms with E-state index in [0.717, 1.165) is 11.3 Å². The first-order valence-corrected chi connectivity index (χ1v) is 6.35. The molecule has 0 heterocycles. The lowest BCUT2D eigenvalue weighted by Gasteiger charge is -2.20. The number of nitrogens with two attached hydrogens (primary N) is 1. The Morgan fingerprint density at radius 2 is 1.79 bits per heavy atom. The molecule has 0 atom stereocenters. The topological polar surface area (TPSA) is 29.3 Å². The summed E-state index contributed by atoms with van der Waals surface area (Å²) in [5.41, 5.74) is 3.07. The monoisotopic (exact) mass is 316 g/mol. The number of hydrogen-bond donors (Lipinski definition) is 1. The van der Waals surface area contributed by atoms with Crippen LogP contribution >= 0.6 is 35.6 Å². The molecule has 0 aliphatic carbocycles. The minimum absolute atomic E-state index is 0. The highest BCUT2D eigenvalue weighted by atomic mass is 35.5. The molecule has 0 fully saturated rings. The maximum absolute atomic E-state index is 6.13. The van der Waals surface area contributed by atoms with Gasteiger partial charge in [0.25, 0.3) is 0 Å². The first-order valence-electron chi connectivity index (χ1n) is 5.59. The molecule has 0 aliphatic heterocycles. The van der Waals surface area contributed by atoms with Gasteiger partial charge in [-0.05, 0) is 24.6 Å². The molecule has 0 spiro atoms. The lowest BCUT2D eigenvalue weighted by Crippen LogP contribution is -2.30. The Labute approximate surface area is 129 Å². The predicted molar refractivity (Wildman–Crippen MR) is 85.3 cm³/mol. The molecular formula is C14H15Cl3N2. The molecule has 2 rings (SSSR count). The molecule has 0 saturated carbocycles. The van der Waals surface area contributed by atoms with E-state index >= 15 is 0 Å². The van der Waals surface area contributed by atoms with Gasteiger partial charge in [0, 0.05) is 0 Å². The first-order chi connectivity index (χ1) is 8.58. The summed E-state index contributed by atoms with van der Waals surface area (Å²) < 4.78 is 0. The molecule has 2 aromatic rings. The van der Waals surface area contributed by atoms with Crippen molar-refractivity contribution < 1.29 is 0 Å². The minimum atomic E-state index is 0. The van der Waals surface area contributed by atoms with Crippen molar-refractivity contribution in [2.24, 2.45) is 5.84 Å². The van der Waals surface area contributed by atoms with Crippen LogP contribution in [0.1, 0.15) is 11.1 Å². The van der Waals surface area contributed by atoms with Gasteiger partial charge in [-0.3, -0.25) is 0 Å². The molecule has 2 nitrogen and oxygen atoms in total. The highest BCUT2D eigenvalue weighted by molar-refractivity contribution is 6.43. The van der Waals surface area contributed by atoms with Crippen molar-refractivity contribution in [1.82, 2.24) is 0 Å². The van der Waals surface area contributed by atoms with Gasteiger partial charge in [-0.25, -0.2) is 5.84 Å². The van der Waals surface area contributed by atoms with Crippen LogP contribution in [0.15, 0.2) is 42.5 Å². The van der Waals surface area contributed by atoms with Crippen molar-refractivity contribution in [3.8, 4) is 0 Å². The number of hydrogen-bond acceptors (Lipinski definition) is 2. The number of aryl methyl sites for hydroxylation is 1. The van der Waals surface area contributed by atoms with E-state index < -0.39 is 0 Å². The molecule has 2 N–H and O–H groups in total. The van der Waals surface area contributed by atoms with E-state index in [-0.39, 0.29) is 12.4 Å². The van der Waals surface area contributed by atoms with Crippen molar-refractivity contribution in [2.45, 2.75) is 13.5 Å². The smallest absolute Gasteiger partial charge is 0.0839 e. The van der Waals surface area contributed by atoms with Gasteiger partial charge in [0.2, 0.25) is 0 Å². The van der Waals surface area contributed by atoms with E-state index in [1.807, 2.05) is 24.3 Å². The molecule has 5 heteroatoms. The molecule has 0 amide bonds. The van der Waals surface area contributed by atoms with Gasteiger partial charge in [0.1, 0.15) is 0 Å². The highest BCUT2D eigenvalue weighted by Crippen LogP contribution is 2.31. The molecule has 0 saturated heterocycles. The largest absolute Gasteiger partial charge is 0.305 e. The van der Waals surface area contributed by atoms with Crippen molar-refractivity contribution in [3.63, 3.8) is 0 Å². The Kier molecular flexibility index (Phi) is 5.95. The first kappa shape index (κ1) is 16.1. The Morgan fingerprint density at radius 3 is 2.47 bits per heavy atom. The molecule has 102 valence electrons. The Balaban J connectivity index is 0.00000180. The lowest BCUT2D eigenvalue weighted by molar-refractivity contribution is 0.852. The zero-order valence-electron chi connectivity index (χ0n) is 10.4. The maximum Gasteiger partial charge on any atom is 0.0839 e. The summed E-state index contributed by atoms with van der Waals surface area (Å²) in [6.07, 6.45) is 0. The highest BCUT2D eigenvalue weighted by Gasteiger charge is 2.09. The van der Waals surface area contributed by atoms with Crippen molar-refractivity contribution >= 4 is 41.3 Å². The Bertz CT molecular complexity index is 558. The van der Waals surface area contributed by atoms with Crippen LogP contribution in [-0.4, -0.2) is 0 Å². The van der Waals surface area contributed by atoms with Crippen LogP contribution in [-0.2, 0) is 6.54 Å². The van der Waals surface area contributed by atoms with Crippen molar-refractivity contribution in [1.29, 1.82) is 0 Å². The van der Waals surface area contributed by atoms with Gasteiger partial charge in [0.05, 0.1) is 22.3 Å². The lowest BCUT2D eigenvalue weighted by atomic mass is 10.1. The average Bonchev–Trinajstić information content (AvgIpc) is 2.32. The van der Waals surface area contributed by atoms with E-state index in [9.17, 15) is 0 Å². The fraction of sp³-hybridized carbons (Fsp3) is 0.143. The van der Waals surface area contributed by atoms with Gasteiger partial charge >= 0.3 is 0 Å². The molecular weight excluding hydrogens is 303 g/mol. The van der Waals surface area contributed by atoms with Crippen LogP contribution in [0, 0.1) is 6.92 Å². The van der Waals surface area contributed by atoms with Crippen LogP contribution in [0.2, 0.25) is 10.0 Å². The SMILES string of the molecule is Cc1cccc(CN(N)c2cccc(Cl)c2Cl)c1.Cl. The second-order valence-electron chi connectivity index (χ2n) is 4.19. The summed E-state index contributed by atoms with van der Waals surface area (Å²) in [6, 6.07) is 13.6. The third-order valence-corrected chi connectivity index (χ3v) is 3.48. The van der Waals surface area contributed by atoms with Gasteiger partial charge in [-0.1, -0.05) is 59.1 Å². The normalized spacial score (nSPS) is 9.89. The third kappa shape index (κ3) is 4.02. The second kappa shape index (κ2) is 7.01. The van der Waals surface area contributed by atoms with E-state index in [2.05, 4.69) is 19.1 Å². The van der Waals surface area contributed by atoms with Gasteiger partial charge in [0.15, 0.2) is 0 Å². The van der Waals surface area contributed by atoms with Gasteiger partial charge in [-0.2, -0.15) is 0 Å². The zero-order chi connectivity index (χ0) is 13.1. The van der Waals surface area contributed by atoms with Crippen LogP contribution in [0.4, 0.5) is 5.69 Å². The molecule has 2 aromatic carbocycles. The average molecular weight is 318 g/mol. The summed E-state index contributed by atoms with van der Waals surface area (Å²) in [6.45, 7) is 2.64. The van der Waals surface area contributed by atoms with E-state index in [1.54, 1.807) is 11.1 Å². The Morgan fingerprint density at radius 1 is 1.11 bits per heavy atom. The summed E-state index contributed by atoms with van der Waals surface area (Å²) in [7, 11) is 0. The van der Waals surface area contributed by atoms with E-state index in [4.69, 9.17) is 29.0 Å². The maximum atomic E-state index is 6.13. The number of hydrazine groups is 1. The number of nitrogens with zero attached hydrogens (tertiary/aromatic N) is 1. The standard InChI is InChI=1S/C14H14Cl2N2.ClH/c1-10-4-2-5-11(8-10)9-18(17)13-7-3-6-12(15)14(13)16;/h2-8H,9,17H2,1H3;1H. The summed E-state index contributed by atoms with van der Waals surface area (Å²) in [5, 5.41) is 2.59. The predicted octanol–water partition coefficient (Wildman–Crippen LogP) is 4.60. The summed E-state index contributed by atoms with van der Waals surface area (Å²) in [5.74, 6) is 6.04. The van der Waals surface area contributed by atoms with Gasteiger partial charge in [-0.15, -0.1) is 12.4 Å². The molecule has 0 aromatic heterocycles. The van der Waals surface area contributed by atoms with Gasteiger partial charge < -0.3 is 5.01 Å². The molecule has 0 unspecified atom stereocenters. The molecule has 0 aliphatic rings. The number of rotatable bonds is 3. The van der Waals surface area contributed by atoms with Crippen molar-refractivity contribution in [3.05, 3.63) is 63.6 Å². The summed E-state index contributed by atoms with van der Waals surface area (Å²) >= 11 is 12.1. The fourth-order valence-electron chi connectivity index (χ4n) is 1.81. The van der Waals surface area contributed by atoms with E-state index in [1.165, 1.54) is 5.56 Å². The molecule has 0 bridgehead atoms. The van der Waals surface area contributed by atoms with E-state index in [0.29, 0.717) is 16.6 Å². The minimum Gasteiger partial charge on any atom is -0.305 e. The number of benzene rings is 2. The second-order valence-corrected chi connectivity index (χ2v) is 4.98. The number of halogens is 3. The van der Waals surface area contributed by atoms with Crippen LogP contribution in [0.5, 0.6) is 0 Å².